The second-order valence-corrected chi connectivity index (χ2v) is 5.34. The van der Waals surface area contributed by atoms with Gasteiger partial charge < -0.3 is 10.6 Å². The third-order valence-electron chi connectivity index (χ3n) is 2.33. The molecule has 7 heteroatoms. The van der Waals surface area contributed by atoms with Gasteiger partial charge in [-0.3, -0.25) is 4.79 Å². The second-order valence-electron chi connectivity index (χ2n) is 5.34. The molecule has 0 fully saturated rings. The smallest absolute Gasteiger partial charge is 0.325 e. The summed E-state index contributed by atoms with van der Waals surface area (Å²) >= 11 is 0. The lowest BCUT2D eigenvalue weighted by Crippen LogP contribution is -2.41. The lowest BCUT2D eigenvalue weighted by atomic mass is 10.1. The van der Waals surface area contributed by atoms with Crippen LogP contribution in [0.3, 0.4) is 0 Å². The van der Waals surface area contributed by atoms with Gasteiger partial charge in [-0.1, -0.05) is 0 Å². The summed E-state index contributed by atoms with van der Waals surface area (Å²) in [5.74, 6) is -1.87. The maximum atomic E-state index is 13.1. The fourth-order valence-corrected chi connectivity index (χ4v) is 1.37. The van der Waals surface area contributed by atoms with E-state index < -0.39 is 23.5 Å². The van der Waals surface area contributed by atoms with Crippen LogP contribution in [0.25, 0.3) is 0 Å². The molecule has 0 saturated heterocycles. The molecule has 1 aromatic rings. The molecule has 0 aromatic heterocycles. The van der Waals surface area contributed by atoms with Crippen molar-refractivity contribution in [2.24, 2.45) is 0 Å². The van der Waals surface area contributed by atoms with Crippen LogP contribution in [0.5, 0.6) is 0 Å². The Kier molecular flexibility index (Phi) is 4.75. The Hall–Kier alpha value is -1.63. The van der Waals surface area contributed by atoms with Crippen LogP contribution < -0.4 is 10.6 Å². The lowest BCUT2D eigenvalue weighted by molar-refractivity contribution is -0.140. The minimum atomic E-state index is -4.80. The predicted molar refractivity (Wildman–Crippen MR) is 67.8 cm³/mol. The molecule has 0 spiro atoms. The van der Waals surface area contributed by atoms with Crippen LogP contribution in [0, 0.1) is 5.82 Å². The summed E-state index contributed by atoms with van der Waals surface area (Å²) in [6, 6.07) is 2.33. The highest BCUT2D eigenvalue weighted by Crippen LogP contribution is 2.32. The Bertz CT molecular complexity index is 492. The van der Waals surface area contributed by atoms with Gasteiger partial charge in [-0.25, -0.2) is 4.39 Å². The van der Waals surface area contributed by atoms with Crippen LogP contribution in [-0.4, -0.2) is 18.0 Å². The molecule has 0 aliphatic heterocycles. The Morgan fingerprint density at radius 2 is 1.80 bits per heavy atom. The van der Waals surface area contributed by atoms with Crippen LogP contribution in [0.4, 0.5) is 23.2 Å². The summed E-state index contributed by atoms with van der Waals surface area (Å²) in [6.07, 6.45) is -4.80. The van der Waals surface area contributed by atoms with Gasteiger partial charge in [-0.05, 0) is 39.0 Å². The number of anilines is 1. The normalized spacial score (nSPS) is 12.3. The van der Waals surface area contributed by atoms with Gasteiger partial charge in [0.05, 0.1) is 12.1 Å². The SMILES string of the molecule is CC(C)(C)NCC(=O)Nc1ccc(F)c(C(F)(F)F)c1. The first kappa shape index (κ1) is 16.4. The number of amides is 1. The van der Waals surface area contributed by atoms with Crippen molar-refractivity contribution < 1.29 is 22.4 Å². The molecule has 0 bridgehead atoms. The van der Waals surface area contributed by atoms with Crippen molar-refractivity contribution in [3.8, 4) is 0 Å². The van der Waals surface area contributed by atoms with Gasteiger partial charge in [0.15, 0.2) is 0 Å². The number of carbonyl (C=O) groups excluding carboxylic acids is 1. The van der Waals surface area contributed by atoms with E-state index in [1.54, 1.807) is 0 Å². The minimum Gasteiger partial charge on any atom is -0.325 e. The first-order valence-corrected chi connectivity index (χ1v) is 5.91. The highest BCUT2D eigenvalue weighted by atomic mass is 19.4. The molecule has 1 rings (SSSR count). The Balaban J connectivity index is 2.77. The molecule has 1 amide bonds. The van der Waals surface area contributed by atoms with Crippen LogP contribution in [-0.2, 0) is 11.0 Å². The molecule has 112 valence electrons. The first-order valence-electron chi connectivity index (χ1n) is 5.91. The van der Waals surface area contributed by atoms with E-state index in [-0.39, 0.29) is 17.8 Å². The molecule has 0 saturated carbocycles. The fraction of sp³-hybridized carbons (Fsp3) is 0.462. The van der Waals surface area contributed by atoms with Crippen molar-refractivity contribution in [3.63, 3.8) is 0 Å². The molecular formula is C13H16F4N2O. The standard InChI is InChI=1S/C13H16F4N2O/c1-12(2,3)18-7-11(20)19-8-4-5-10(14)9(6-8)13(15,16)17/h4-6,18H,7H2,1-3H3,(H,19,20). The number of benzene rings is 1. The van der Waals surface area contributed by atoms with Crippen molar-refractivity contribution in [2.75, 3.05) is 11.9 Å². The van der Waals surface area contributed by atoms with Gasteiger partial charge in [0.1, 0.15) is 5.82 Å². The third kappa shape index (κ3) is 5.16. The van der Waals surface area contributed by atoms with Gasteiger partial charge in [0.2, 0.25) is 5.91 Å². The second kappa shape index (κ2) is 5.78. The van der Waals surface area contributed by atoms with Gasteiger partial charge >= 0.3 is 6.18 Å². The minimum absolute atomic E-state index is 0.0533. The summed E-state index contributed by atoms with van der Waals surface area (Å²) in [7, 11) is 0. The van der Waals surface area contributed by atoms with E-state index in [0.29, 0.717) is 12.1 Å². The average Bonchev–Trinajstić information content (AvgIpc) is 2.27. The molecule has 0 radical (unpaired) electrons. The summed E-state index contributed by atoms with van der Waals surface area (Å²) in [4.78, 5) is 11.6. The highest BCUT2D eigenvalue weighted by Gasteiger charge is 2.34. The zero-order valence-electron chi connectivity index (χ0n) is 11.4. The molecule has 3 nitrogen and oxygen atoms in total. The number of carbonyl (C=O) groups is 1. The van der Waals surface area contributed by atoms with E-state index >= 15 is 0 Å². The van der Waals surface area contributed by atoms with Crippen LogP contribution in [0.2, 0.25) is 0 Å². The molecule has 1 aromatic carbocycles. The van der Waals surface area contributed by atoms with Crippen LogP contribution in [0.1, 0.15) is 26.3 Å². The van der Waals surface area contributed by atoms with E-state index in [4.69, 9.17) is 0 Å². The molecule has 0 atom stereocenters. The van der Waals surface area contributed by atoms with Crippen molar-refractivity contribution in [2.45, 2.75) is 32.5 Å². The Morgan fingerprint density at radius 1 is 1.20 bits per heavy atom. The van der Waals surface area contributed by atoms with Gasteiger partial charge in [-0.2, -0.15) is 13.2 Å². The van der Waals surface area contributed by atoms with Crippen molar-refractivity contribution in [3.05, 3.63) is 29.6 Å². The van der Waals surface area contributed by atoms with E-state index in [1.165, 1.54) is 0 Å². The summed E-state index contributed by atoms with van der Waals surface area (Å²) < 4.78 is 50.6. The number of rotatable bonds is 3. The molecule has 0 heterocycles. The molecule has 0 unspecified atom stereocenters. The monoisotopic (exact) mass is 292 g/mol. The van der Waals surface area contributed by atoms with E-state index in [1.807, 2.05) is 20.8 Å². The van der Waals surface area contributed by atoms with Crippen LogP contribution >= 0.6 is 0 Å². The Labute approximate surface area is 114 Å². The fourth-order valence-electron chi connectivity index (χ4n) is 1.37. The zero-order chi connectivity index (χ0) is 15.6. The highest BCUT2D eigenvalue weighted by molar-refractivity contribution is 5.92. The van der Waals surface area contributed by atoms with Crippen molar-refractivity contribution in [1.29, 1.82) is 0 Å². The van der Waals surface area contributed by atoms with E-state index in [2.05, 4.69) is 10.6 Å². The molecule has 2 N–H and O–H groups in total. The first-order chi connectivity index (χ1) is 8.99. The molecule has 20 heavy (non-hydrogen) atoms. The predicted octanol–water partition coefficient (Wildman–Crippen LogP) is 3.17. The lowest BCUT2D eigenvalue weighted by Gasteiger charge is -2.20. The summed E-state index contributed by atoms with van der Waals surface area (Å²) in [6.45, 7) is 5.49. The maximum Gasteiger partial charge on any atom is 0.419 e. The van der Waals surface area contributed by atoms with Crippen molar-refractivity contribution in [1.82, 2.24) is 5.32 Å². The van der Waals surface area contributed by atoms with E-state index in [9.17, 15) is 22.4 Å². The van der Waals surface area contributed by atoms with Gasteiger partial charge in [0, 0.05) is 11.2 Å². The largest absolute Gasteiger partial charge is 0.419 e. The zero-order valence-corrected chi connectivity index (χ0v) is 11.4. The quantitative estimate of drug-likeness (QED) is 0.840. The van der Waals surface area contributed by atoms with E-state index in [0.717, 1.165) is 6.07 Å². The van der Waals surface area contributed by atoms with Crippen LogP contribution in [0.15, 0.2) is 18.2 Å². The number of halogens is 4. The number of nitrogens with one attached hydrogen (secondary N) is 2. The topological polar surface area (TPSA) is 41.1 Å². The Morgan fingerprint density at radius 3 is 2.30 bits per heavy atom. The van der Waals surface area contributed by atoms with Crippen molar-refractivity contribution >= 4 is 11.6 Å². The number of hydrogen-bond acceptors (Lipinski definition) is 2. The summed E-state index contributed by atoms with van der Waals surface area (Å²) in [5, 5.41) is 5.18. The molecular weight excluding hydrogens is 276 g/mol. The third-order valence-corrected chi connectivity index (χ3v) is 2.33. The number of hydrogen-bond donors (Lipinski definition) is 2. The van der Waals surface area contributed by atoms with Gasteiger partial charge in [0.25, 0.3) is 0 Å². The van der Waals surface area contributed by atoms with Gasteiger partial charge in [-0.15, -0.1) is 0 Å². The maximum absolute atomic E-state index is 13.1. The molecule has 0 aliphatic carbocycles. The number of alkyl halides is 3. The summed E-state index contributed by atoms with van der Waals surface area (Å²) in [5.41, 5.74) is -1.80. The molecule has 0 aliphatic rings. The average molecular weight is 292 g/mol.